The van der Waals surface area contributed by atoms with Crippen LogP contribution in [0.2, 0.25) is 0 Å². The molecule has 0 aromatic heterocycles. The smallest absolute Gasteiger partial charge is 0.263 e. The van der Waals surface area contributed by atoms with Crippen molar-refractivity contribution in [1.29, 1.82) is 0 Å². The fourth-order valence-corrected chi connectivity index (χ4v) is 4.16. The molecular weight excluding hydrogens is 429 g/mol. The Morgan fingerprint density at radius 1 is 1.14 bits per heavy atom. The van der Waals surface area contributed by atoms with Crippen molar-refractivity contribution in [2.75, 3.05) is 4.72 Å². The molecule has 2 N–H and O–H groups in total. The third kappa shape index (κ3) is 3.82. The first-order valence-electron chi connectivity index (χ1n) is 5.70. The van der Waals surface area contributed by atoms with Gasteiger partial charge in [0.1, 0.15) is 10.7 Å². The number of benzene rings is 2. The van der Waals surface area contributed by atoms with E-state index in [4.69, 9.17) is 5.11 Å². The van der Waals surface area contributed by atoms with Crippen LogP contribution in [0.25, 0.3) is 0 Å². The van der Waals surface area contributed by atoms with E-state index in [1.807, 2.05) is 0 Å². The van der Waals surface area contributed by atoms with Gasteiger partial charge in [0.2, 0.25) is 0 Å². The SMILES string of the molecule is O=S(=O)(Nc1ccc(Br)cc1F)c1ccc(CO)cc1Br. The minimum atomic E-state index is -3.94. The molecular formula is C13H10Br2FNO3S. The van der Waals surface area contributed by atoms with E-state index in [0.717, 1.165) is 0 Å². The third-order valence-corrected chi connectivity index (χ3v) is 5.48. The van der Waals surface area contributed by atoms with Crippen molar-refractivity contribution in [3.8, 4) is 0 Å². The molecule has 0 radical (unpaired) electrons. The number of hydrogen-bond acceptors (Lipinski definition) is 3. The van der Waals surface area contributed by atoms with Crippen molar-refractivity contribution >= 4 is 47.6 Å². The highest BCUT2D eigenvalue weighted by Crippen LogP contribution is 2.27. The molecule has 4 nitrogen and oxygen atoms in total. The summed E-state index contributed by atoms with van der Waals surface area (Å²) in [5, 5.41) is 9.01. The largest absolute Gasteiger partial charge is 0.392 e. The number of hydrogen-bond donors (Lipinski definition) is 2. The molecule has 2 rings (SSSR count). The molecule has 0 fully saturated rings. The summed E-state index contributed by atoms with van der Waals surface area (Å²) >= 11 is 6.24. The van der Waals surface area contributed by atoms with Crippen molar-refractivity contribution in [2.24, 2.45) is 0 Å². The number of aliphatic hydroxyl groups excluding tert-OH is 1. The molecule has 112 valence electrons. The lowest BCUT2D eigenvalue weighted by Gasteiger charge is -2.11. The van der Waals surface area contributed by atoms with E-state index in [1.54, 1.807) is 0 Å². The summed E-state index contributed by atoms with van der Waals surface area (Å²) in [7, 11) is -3.94. The number of anilines is 1. The zero-order chi connectivity index (χ0) is 15.6. The molecule has 0 saturated heterocycles. The van der Waals surface area contributed by atoms with E-state index >= 15 is 0 Å². The first kappa shape index (κ1) is 16.4. The van der Waals surface area contributed by atoms with Crippen molar-refractivity contribution in [2.45, 2.75) is 11.5 Å². The second-order valence-corrected chi connectivity index (χ2v) is 7.57. The molecule has 2 aromatic carbocycles. The lowest BCUT2D eigenvalue weighted by atomic mass is 10.2. The van der Waals surface area contributed by atoms with Crippen LogP contribution >= 0.6 is 31.9 Å². The fraction of sp³-hybridized carbons (Fsp3) is 0.0769. The Morgan fingerprint density at radius 2 is 1.86 bits per heavy atom. The average molecular weight is 439 g/mol. The molecule has 0 unspecified atom stereocenters. The normalized spacial score (nSPS) is 11.4. The Hall–Kier alpha value is -0.960. The molecule has 0 heterocycles. The summed E-state index contributed by atoms with van der Waals surface area (Å²) < 4.78 is 41.3. The number of aliphatic hydroxyl groups is 1. The summed E-state index contributed by atoms with van der Waals surface area (Å²) in [6.45, 7) is -0.201. The van der Waals surface area contributed by atoms with Gasteiger partial charge in [0.15, 0.2) is 0 Å². The van der Waals surface area contributed by atoms with Crippen LogP contribution in [-0.4, -0.2) is 13.5 Å². The minimum absolute atomic E-state index is 0.0398. The van der Waals surface area contributed by atoms with Crippen LogP contribution in [-0.2, 0) is 16.6 Å². The quantitative estimate of drug-likeness (QED) is 0.765. The van der Waals surface area contributed by atoms with Gasteiger partial charge in [0.05, 0.1) is 12.3 Å². The maximum absolute atomic E-state index is 13.7. The Kier molecular flexibility index (Phi) is 5.03. The van der Waals surface area contributed by atoms with E-state index < -0.39 is 15.8 Å². The molecule has 0 aliphatic rings. The van der Waals surface area contributed by atoms with Gasteiger partial charge >= 0.3 is 0 Å². The van der Waals surface area contributed by atoms with Crippen LogP contribution in [0, 0.1) is 5.82 Å². The summed E-state index contributed by atoms with van der Waals surface area (Å²) in [6, 6.07) is 8.35. The first-order valence-corrected chi connectivity index (χ1v) is 8.77. The summed E-state index contributed by atoms with van der Waals surface area (Å²) in [5.74, 6) is -0.684. The molecule has 2 aromatic rings. The molecule has 0 spiro atoms. The zero-order valence-corrected chi connectivity index (χ0v) is 14.5. The van der Waals surface area contributed by atoms with Crippen molar-refractivity contribution < 1.29 is 17.9 Å². The highest BCUT2D eigenvalue weighted by atomic mass is 79.9. The summed E-state index contributed by atoms with van der Waals surface area (Å²) in [6.07, 6.45) is 0. The summed E-state index contributed by atoms with van der Waals surface area (Å²) in [4.78, 5) is -0.0398. The van der Waals surface area contributed by atoms with Gasteiger partial charge in [-0.05, 0) is 51.8 Å². The molecule has 0 aliphatic carbocycles. The average Bonchev–Trinajstić information content (AvgIpc) is 2.41. The van der Waals surface area contributed by atoms with Crippen LogP contribution in [0.4, 0.5) is 10.1 Å². The predicted octanol–water partition coefficient (Wildman–Crippen LogP) is 3.64. The predicted molar refractivity (Wildman–Crippen MR) is 85.0 cm³/mol. The fourth-order valence-electron chi connectivity index (χ4n) is 1.63. The monoisotopic (exact) mass is 437 g/mol. The highest BCUT2D eigenvalue weighted by Gasteiger charge is 2.19. The van der Waals surface area contributed by atoms with Gasteiger partial charge in [-0.2, -0.15) is 0 Å². The maximum Gasteiger partial charge on any atom is 0.263 e. The molecule has 0 atom stereocenters. The Balaban J connectivity index is 2.38. The van der Waals surface area contributed by atoms with Gasteiger partial charge in [-0.15, -0.1) is 0 Å². The zero-order valence-electron chi connectivity index (χ0n) is 10.5. The van der Waals surface area contributed by atoms with Crippen molar-refractivity contribution in [3.05, 3.63) is 56.7 Å². The number of rotatable bonds is 4. The van der Waals surface area contributed by atoms with Crippen LogP contribution in [0.3, 0.4) is 0 Å². The van der Waals surface area contributed by atoms with E-state index in [2.05, 4.69) is 36.6 Å². The van der Waals surface area contributed by atoms with Crippen LogP contribution in [0.15, 0.2) is 50.2 Å². The van der Waals surface area contributed by atoms with E-state index in [0.29, 0.717) is 14.5 Å². The maximum atomic E-state index is 13.7. The van der Waals surface area contributed by atoms with E-state index in [1.165, 1.54) is 36.4 Å². The van der Waals surface area contributed by atoms with Crippen LogP contribution in [0.5, 0.6) is 0 Å². The second-order valence-electron chi connectivity index (χ2n) is 4.15. The highest BCUT2D eigenvalue weighted by molar-refractivity contribution is 9.10. The number of halogens is 3. The lowest BCUT2D eigenvalue weighted by Crippen LogP contribution is -2.14. The number of sulfonamides is 1. The molecule has 0 bridgehead atoms. The Morgan fingerprint density at radius 3 is 2.43 bits per heavy atom. The van der Waals surface area contributed by atoms with Gasteiger partial charge in [0, 0.05) is 8.95 Å². The van der Waals surface area contributed by atoms with Crippen LogP contribution < -0.4 is 4.72 Å². The van der Waals surface area contributed by atoms with Gasteiger partial charge in [-0.25, -0.2) is 12.8 Å². The molecule has 0 saturated carbocycles. The molecule has 0 aliphatic heterocycles. The van der Waals surface area contributed by atoms with Crippen molar-refractivity contribution in [1.82, 2.24) is 0 Å². The second kappa shape index (κ2) is 6.43. The van der Waals surface area contributed by atoms with Gasteiger partial charge in [-0.3, -0.25) is 4.72 Å². The Labute approximate surface area is 138 Å². The topological polar surface area (TPSA) is 66.4 Å². The van der Waals surface area contributed by atoms with Gasteiger partial charge in [-0.1, -0.05) is 22.0 Å². The van der Waals surface area contributed by atoms with Gasteiger partial charge in [0.25, 0.3) is 10.0 Å². The summed E-state index contributed by atoms with van der Waals surface area (Å²) in [5.41, 5.74) is 0.423. The lowest BCUT2D eigenvalue weighted by molar-refractivity contribution is 0.281. The standard InChI is InChI=1S/C13H10Br2FNO3S/c14-9-2-3-12(11(16)6-9)17-21(19,20)13-4-1-8(7-18)5-10(13)15/h1-6,17-18H,7H2. The number of nitrogens with one attached hydrogen (secondary N) is 1. The molecule has 21 heavy (non-hydrogen) atoms. The molecule has 0 amide bonds. The molecule has 8 heteroatoms. The van der Waals surface area contributed by atoms with Crippen molar-refractivity contribution in [3.63, 3.8) is 0 Å². The minimum Gasteiger partial charge on any atom is -0.392 e. The van der Waals surface area contributed by atoms with E-state index in [-0.39, 0.29) is 17.2 Å². The third-order valence-electron chi connectivity index (χ3n) is 2.64. The Bertz CT molecular complexity index is 781. The van der Waals surface area contributed by atoms with Crippen LogP contribution in [0.1, 0.15) is 5.56 Å². The van der Waals surface area contributed by atoms with E-state index in [9.17, 15) is 12.8 Å². The first-order chi connectivity index (χ1) is 9.83. The van der Waals surface area contributed by atoms with Gasteiger partial charge < -0.3 is 5.11 Å².